The molecule has 2 fully saturated rings. The summed E-state index contributed by atoms with van der Waals surface area (Å²) >= 11 is 0. The number of sulfone groups is 1. The lowest BCUT2D eigenvalue weighted by Gasteiger charge is -2.39. The summed E-state index contributed by atoms with van der Waals surface area (Å²) in [5.41, 5.74) is 0. The van der Waals surface area contributed by atoms with Crippen molar-refractivity contribution in [2.75, 3.05) is 39.0 Å². The van der Waals surface area contributed by atoms with Crippen molar-refractivity contribution >= 4 is 39.8 Å². The Morgan fingerprint density at radius 1 is 1.33 bits per heavy atom. The summed E-state index contributed by atoms with van der Waals surface area (Å²) < 4.78 is 29.3. The molecule has 1 heterocycles. The third kappa shape index (κ3) is 5.72. The zero-order chi connectivity index (χ0) is 16.9. The van der Waals surface area contributed by atoms with Crippen molar-refractivity contribution in [2.45, 2.75) is 56.8 Å². The van der Waals surface area contributed by atoms with Gasteiger partial charge in [0.2, 0.25) is 0 Å². The van der Waals surface area contributed by atoms with Crippen molar-refractivity contribution in [3.63, 3.8) is 0 Å². The second-order valence-corrected chi connectivity index (χ2v) is 9.85. The van der Waals surface area contributed by atoms with Crippen LogP contribution >= 0.6 is 24.0 Å². The van der Waals surface area contributed by atoms with E-state index in [0.717, 1.165) is 25.5 Å². The minimum absolute atomic E-state index is 0. The molecule has 0 spiro atoms. The highest BCUT2D eigenvalue weighted by Gasteiger charge is 2.40. The van der Waals surface area contributed by atoms with Crippen LogP contribution in [0.3, 0.4) is 0 Å². The summed E-state index contributed by atoms with van der Waals surface area (Å²) in [6, 6.07) is 0. The summed E-state index contributed by atoms with van der Waals surface area (Å²) in [4.78, 5) is 6.34. The molecule has 24 heavy (non-hydrogen) atoms. The fourth-order valence-electron chi connectivity index (χ4n) is 3.23. The van der Waals surface area contributed by atoms with Crippen molar-refractivity contribution in [3.8, 4) is 0 Å². The van der Waals surface area contributed by atoms with E-state index in [1.807, 2.05) is 4.90 Å². The molecule has 0 radical (unpaired) electrons. The van der Waals surface area contributed by atoms with Crippen molar-refractivity contribution in [1.29, 1.82) is 0 Å². The number of rotatable bonds is 5. The van der Waals surface area contributed by atoms with E-state index in [9.17, 15) is 8.42 Å². The maximum atomic E-state index is 12.1. The van der Waals surface area contributed by atoms with Crippen LogP contribution in [0, 0.1) is 0 Å². The van der Waals surface area contributed by atoms with Gasteiger partial charge in [-0.2, -0.15) is 0 Å². The monoisotopic (exact) mass is 473 g/mol. The first-order chi connectivity index (χ1) is 10.9. The van der Waals surface area contributed by atoms with E-state index in [4.69, 9.17) is 4.74 Å². The van der Waals surface area contributed by atoms with Crippen LogP contribution in [-0.4, -0.2) is 69.2 Å². The lowest BCUT2D eigenvalue weighted by Crippen LogP contribution is -2.57. The minimum atomic E-state index is -3.02. The van der Waals surface area contributed by atoms with E-state index in [-0.39, 0.29) is 29.7 Å². The highest BCUT2D eigenvalue weighted by Crippen LogP contribution is 2.23. The van der Waals surface area contributed by atoms with Crippen LogP contribution in [0.25, 0.3) is 0 Å². The molecule has 0 aromatic rings. The van der Waals surface area contributed by atoms with Crippen molar-refractivity contribution in [3.05, 3.63) is 0 Å². The van der Waals surface area contributed by atoms with Crippen molar-refractivity contribution < 1.29 is 13.2 Å². The molecule has 0 amide bonds. The van der Waals surface area contributed by atoms with E-state index in [0.29, 0.717) is 19.2 Å². The van der Waals surface area contributed by atoms with Crippen LogP contribution in [0.5, 0.6) is 0 Å². The van der Waals surface area contributed by atoms with Crippen LogP contribution in [0.15, 0.2) is 4.99 Å². The molecule has 1 saturated carbocycles. The lowest BCUT2D eigenvalue weighted by molar-refractivity contribution is 0.0573. The van der Waals surface area contributed by atoms with Gasteiger partial charge in [-0.3, -0.25) is 4.99 Å². The maximum Gasteiger partial charge on any atom is 0.193 e. The Balaban J connectivity index is 0.00000288. The van der Waals surface area contributed by atoms with Crippen molar-refractivity contribution in [2.24, 2.45) is 4.99 Å². The van der Waals surface area contributed by atoms with Gasteiger partial charge in [-0.05, 0) is 33.1 Å². The highest BCUT2D eigenvalue weighted by atomic mass is 127. The van der Waals surface area contributed by atoms with Crippen LogP contribution in [0.4, 0.5) is 0 Å². The van der Waals surface area contributed by atoms with Gasteiger partial charge in [0.1, 0.15) is 0 Å². The maximum absolute atomic E-state index is 12.1. The molecule has 0 aromatic carbocycles. The van der Waals surface area contributed by atoms with Crippen LogP contribution < -0.4 is 5.32 Å². The van der Waals surface area contributed by atoms with Gasteiger partial charge in [-0.25, -0.2) is 8.42 Å². The molecule has 8 heteroatoms. The number of aliphatic imine (C=N–C) groups is 1. The number of hydrogen-bond acceptors (Lipinski definition) is 4. The van der Waals surface area contributed by atoms with Gasteiger partial charge in [0.05, 0.1) is 16.6 Å². The van der Waals surface area contributed by atoms with Crippen LogP contribution in [-0.2, 0) is 14.6 Å². The fraction of sp³-hybridized carbons (Fsp3) is 0.938. The summed E-state index contributed by atoms with van der Waals surface area (Å²) in [5, 5.41) is 3.33. The third-order valence-electron chi connectivity index (χ3n) is 4.81. The van der Waals surface area contributed by atoms with E-state index in [1.54, 1.807) is 20.9 Å². The number of nitrogens with zero attached hydrogens (tertiary/aromatic N) is 2. The molecule has 0 bridgehead atoms. The quantitative estimate of drug-likeness (QED) is 0.287. The number of halogens is 1. The molecular weight excluding hydrogens is 441 g/mol. The lowest BCUT2D eigenvalue weighted by atomic mass is 10.2. The number of nitrogens with one attached hydrogen (secondary N) is 1. The normalized spacial score (nSPS) is 23.8. The summed E-state index contributed by atoms with van der Waals surface area (Å²) in [7, 11) is -1.28. The van der Waals surface area contributed by atoms with Gasteiger partial charge in [0, 0.05) is 33.3 Å². The van der Waals surface area contributed by atoms with Gasteiger partial charge in [0.15, 0.2) is 15.8 Å². The molecule has 1 N–H and O–H groups in total. The predicted molar refractivity (Wildman–Crippen MR) is 109 cm³/mol. The Kier molecular flexibility index (Phi) is 8.75. The largest absolute Gasteiger partial charge is 0.378 e. The topological polar surface area (TPSA) is 71.0 Å². The van der Waals surface area contributed by atoms with E-state index >= 15 is 0 Å². The van der Waals surface area contributed by atoms with Gasteiger partial charge in [-0.15, -0.1) is 24.0 Å². The Morgan fingerprint density at radius 3 is 2.58 bits per heavy atom. The summed E-state index contributed by atoms with van der Waals surface area (Å²) in [6.45, 7) is 6.13. The average molecular weight is 473 g/mol. The van der Waals surface area contributed by atoms with Crippen LogP contribution in [0.2, 0.25) is 0 Å². The Labute approximate surface area is 163 Å². The standard InChI is InChI=1S/C16H31N3O3S.HI/c1-16(2)13-19(10-12-23(16,20)21)15(17-3)18-9-6-11-22-14-7-4-5-8-14;/h14H,4-13H2,1-3H3,(H,17,18);1H. The zero-order valence-electron chi connectivity index (χ0n) is 15.1. The SMILES string of the molecule is CN=C(NCCCOC1CCCC1)N1CCS(=O)(=O)C(C)(C)C1.I. The first-order valence-electron chi connectivity index (χ1n) is 8.65. The van der Waals surface area contributed by atoms with Gasteiger partial charge >= 0.3 is 0 Å². The third-order valence-corrected chi connectivity index (χ3v) is 7.35. The molecule has 0 aromatic heterocycles. The fourth-order valence-corrected chi connectivity index (χ4v) is 4.60. The average Bonchev–Trinajstić information content (AvgIpc) is 2.99. The van der Waals surface area contributed by atoms with E-state index < -0.39 is 14.6 Å². The molecule has 142 valence electrons. The van der Waals surface area contributed by atoms with Crippen molar-refractivity contribution in [1.82, 2.24) is 10.2 Å². The molecular formula is C16H32IN3O3S. The molecule has 1 saturated heterocycles. The summed E-state index contributed by atoms with van der Waals surface area (Å²) in [6.07, 6.45) is 6.39. The molecule has 6 nitrogen and oxygen atoms in total. The Bertz CT molecular complexity index is 517. The zero-order valence-corrected chi connectivity index (χ0v) is 18.2. The molecule has 2 rings (SSSR count). The predicted octanol–water partition coefficient (Wildman–Crippen LogP) is 2.04. The summed E-state index contributed by atoms with van der Waals surface area (Å²) in [5.74, 6) is 0.972. The minimum Gasteiger partial charge on any atom is -0.378 e. The van der Waals surface area contributed by atoms with Gasteiger partial charge in [-0.1, -0.05) is 12.8 Å². The molecule has 0 unspecified atom stereocenters. The highest BCUT2D eigenvalue weighted by molar-refractivity contribution is 14.0. The van der Waals surface area contributed by atoms with Gasteiger partial charge in [0.25, 0.3) is 0 Å². The van der Waals surface area contributed by atoms with Crippen LogP contribution in [0.1, 0.15) is 46.0 Å². The molecule has 2 aliphatic rings. The Morgan fingerprint density at radius 2 is 2.00 bits per heavy atom. The number of ether oxygens (including phenoxy) is 1. The van der Waals surface area contributed by atoms with E-state index in [2.05, 4.69) is 10.3 Å². The molecule has 0 atom stereocenters. The Hall–Kier alpha value is -0.0900. The second kappa shape index (κ2) is 9.56. The van der Waals surface area contributed by atoms with E-state index in [1.165, 1.54) is 25.7 Å². The second-order valence-electron chi connectivity index (χ2n) is 7.10. The molecule has 1 aliphatic heterocycles. The first kappa shape index (κ1) is 22.0. The smallest absolute Gasteiger partial charge is 0.193 e. The molecule has 1 aliphatic carbocycles. The van der Waals surface area contributed by atoms with Gasteiger partial charge < -0.3 is 15.0 Å². The number of hydrogen-bond donors (Lipinski definition) is 1. The number of guanidine groups is 1. The first-order valence-corrected chi connectivity index (χ1v) is 10.3.